The van der Waals surface area contributed by atoms with Crippen LogP contribution in [0.15, 0.2) is 42.5 Å². The van der Waals surface area contributed by atoms with Crippen LogP contribution in [0.1, 0.15) is 50.4 Å². The number of carbonyl (C=O) groups is 2. The van der Waals surface area contributed by atoms with Crippen LogP contribution in [-0.2, 0) is 0 Å². The van der Waals surface area contributed by atoms with E-state index in [9.17, 15) is 9.59 Å². The maximum atomic E-state index is 13.0. The predicted molar refractivity (Wildman–Crippen MR) is 123 cm³/mol. The van der Waals surface area contributed by atoms with Crippen molar-refractivity contribution in [2.75, 3.05) is 17.2 Å². The number of rotatable bonds is 4. The summed E-state index contributed by atoms with van der Waals surface area (Å²) in [5.74, 6) is -0.294. The van der Waals surface area contributed by atoms with Gasteiger partial charge in [0, 0.05) is 17.9 Å². The van der Waals surface area contributed by atoms with E-state index in [2.05, 4.69) is 20.8 Å². The van der Waals surface area contributed by atoms with Crippen molar-refractivity contribution in [2.45, 2.75) is 39.7 Å². The van der Waals surface area contributed by atoms with Gasteiger partial charge in [0.15, 0.2) is 0 Å². The van der Waals surface area contributed by atoms with E-state index >= 15 is 0 Å². The molecule has 0 radical (unpaired) electrons. The highest BCUT2D eigenvalue weighted by Crippen LogP contribution is 2.34. The Bertz CT molecular complexity index is 1110. The molecule has 8 heteroatoms. The van der Waals surface area contributed by atoms with Crippen LogP contribution < -0.4 is 10.6 Å². The van der Waals surface area contributed by atoms with E-state index in [0.29, 0.717) is 17.2 Å². The number of urea groups is 1. The zero-order valence-corrected chi connectivity index (χ0v) is 18.6. The predicted octanol–water partition coefficient (Wildman–Crippen LogP) is 5.08. The van der Waals surface area contributed by atoms with Crippen LogP contribution in [0.3, 0.4) is 0 Å². The van der Waals surface area contributed by atoms with Gasteiger partial charge in [-0.25, -0.2) is 4.79 Å². The number of anilines is 2. The minimum Gasteiger partial charge on any atom is -0.320 e. The highest BCUT2D eigenvalue weighted by Gasteiger charge is 2.33. The average Bonchev–Trinajstić information content (AvgIpc) is 3.42. The van der Waals surface area contributed by atoms with Crippen molar-refractivity contribution >= 4 is 34.6 Å². The summed E-state index contributed by atoms with van der Waals surface area (Å²) < 4.78 is 0. The second-order valence-corrected chi connectivity index (χ2v) is 8.87. The Morgan fingerprint density at radius 1 is 1.00 bits per heavy atom. The average molecular weight is 436 g/mol. The van der Waals surface area contributed by atoms with Crippen molar-refractivity contribution in [3.05, 3.63) is 69.2 Å². The first-order valence-electron chi connectivity index (χ1n) is 10.3. The molecule has 3 aromatic rings. The monoisotopic (exact) mass is 435 g/mol. The van der Waals surface area contributed by atoms with Crippen LogP contribution >= 0.6 is 11.3 Å². The van der Waals surface area contributed by atoms with E-state index in [4.69, 9.17) is 0 Å². The Morgan fingerprint density at radius 3 is 2.52 bits per heavy atom. The third-order valence-corrected chi connectivity index (χ3v) is 6.40. The van der Waals surface area contributed by atoms with E-state index in [1.54, 1.807) is 4.90 Å². The Balaban J connectivity index is 1.45. The minimum atomic E-state index is -0.294. The lowest BCUT2D eigenvalue weighted by atomic mass is 10.1. The quantitative estimate of drug-likeness (QED) is 0.598. The molecule has 160 valence electrons. The molecule has 1 aliphatic rings. The van der Waals surface area contributed by atoms with Gasteiger partial charge in [-0.05, 0) is 62.9 Å². The Hall–Kier alpha value is -3.26. The molecule has 1 fully saturated rings. The van der Waals surface area contributed by atoms with Crippen LogP contribution in [0.5, 0.6) is 0 Å². The molecule has 1 saturated heterocycles. The van der Waals surface area contributed by atoms with Gasteiger partial charge in [-0.3, -0.25) is 4.79 Å². The Morgan fingerprint density at radius 2 is 1.74 bits per heavy atom. The van der Waals surface area contributed by atoms with Crippen LogP contribution in [0, 0.1) is 20.8 Å². The molecule has 1 atom stereocenters. The molecule has 0 aliphatic carbocycles. The van der Waals surface area contributed by atoms with Gasteiger partial charge in [0.25, 0.3) is 5.91 Å². The molecular formula is C23H25N5O2S. The third kappa shape index (κ3) is 4.74. The molecule has 4 rings (SSSR count). The molecule has 0 spiro atoms. The molecule has 1 aromatic heterocycles. The standard InChI is InChI=1S/C23H25N5O2S/c1-14-7-10-17(11-8-14)24-20(29)22-27-26-21(31-22)19-5-4-12-28(19)23(30)25-18-13-15(2)6-9-16(18)3/h6-11,13,19H,4-5,12H2,1-3H3,(H,24,29)(H,25,30)/t19-/m1/s1. The van der Waals surface area contributed by atoms with Crippen molar-refractivity contribution in [1.29, 1.82) is 0 Å². The third-order valence-electron chi connectivity index (χ3n) is 5.38. The van der Waals surface area contributed by atoms with Crippen LogP contribution in [0.4, 0.5) is 16.2 Å². The number of hydrogen-bond acceptors (Lipinski definition) is 5. The van der Waals surface area contributed by atoms with Gasteiger partial charge in [-0.15, -0.1) is 10.2 Å². The fourth-order valence-corrected chi connectivity index (χ4v) is 4.49. The molecule has 0 saturated carbocycles. The highest BCUT2D eigenvalue weighted by atomic mass is 32.1. The SMILES string of the molecule is Cc1ccc(NC(=O)c2nnc([C@H]3CCCN3C(=O)Nc3cc(C)ccc3C)s2)cc1. The van der Waals surface area contributed by atoms with Gasteiger partial charge >= 0.3 is 6.03 Å². The molecule has 31 heavy (non-hydrogen) atoms. The number of aryl methyl sites for hydroxylation is 3. The largest absolute Gasteiger partial charge is 0.322 e. The zero-order chi connectivity index (χ0) is 22.0. The zero-order valence-electron chi connectivity index (χ0n) is 17.8. The first kappa shape index (κ1) is 21.0. The highest BCUT2D eigenvalue weighted by molar-refractivity contribution is 7.13. The van der Waals surface area contributed by atoms with Crippen LogP contribution in [0.2, 0.25) is 0 Å². The second-order valence-electron chi connectivity index (χ2n) is 7.87. The fourth-order valence-electron chi connectivity index (χ4n) is 3.61. The van der Waals surface area contributed by atoms with Crippen molar-refractivity contribution < 1.29 is 9.59 Å². The van der Waals surface area contributed by atoms with Gasteiger partial charge in [-0.2, -0.15) is 0 Å². The molecule has 2 aromatic carbocycles. The van der Waals surface area contributed by atoms with E-state index in [1.165, 1.54) is 11.3 Å². The van der Waals surface area contributed by atoms with E-state index in [0.717, 1.165) is 35.2 Å². The van der Waals surface area contributed by atoms with E-state index < -0.39 is 0 Å². The Kier molecular flexibility index (Phi) is 5.99. The normalized spacial score (nSPS) is 15.7. The maximum absolute atomic E-state index is 13.0. The van der Waals surface area contributed by atoms with Crippen molar-refractivity contribution in [3.63, 3.8) is 0 Å². The number of likely N-dealkylation sites (tertiary alicyclic amines) is 1. The molecule has 7 nitrogen and oxygen atoms in total. The molecule has 2 heterocycles. The summed E-state index contributed by atoms with van der Waals surface area (Å²) in [7, 11) is 0. The first-order chi connectivity index (χ1) is 14.9. The summed E-state index contributed by atoms with van der Waals surface area (Å²) >= 11 is 1.24. The lowest BCUT2D eigenvalue weighted by Crippen LogP contribution is -2.34. The van der Waals surface area contributed by atoms with Crippen LogP contribution in [0.25, 0.3) is 0 Å². The number of carbonyl (C=O) groups excluding carboxylic acids is 2. The van der Waals surface area contributed by atoms with Crippen molar-refractivity contribution in [3.8, 4) is 0 Å². The van der Waals surface area contributed by atoms with Gasteiger partial charge < -0.3 is 15.5 Å². The minimum absolute atomic E-state index is 0.156. The summed E-state index contributed by atoms with van der Waals surface area (Å²) in [6.07, 6.45) is 1.68. The number of benzene rings is 2. The number of hydrogen-bond donors (Lipinski definition) is 2. The molecule has 2 N–H and O–H groups in total. The maximum Gasteiger partial charge on any atom is 0.322 e. The molecule has 0 unspecified atom stereocenters. The van der Waals surface area contributed by atoms with Gasteiger partial charge in [0.2, 0.25) is 5.01 Å². The summed E-state index contributed by atoms with van der Waals surface area (Å²) in [5.41, 5.74) is 4.75. The van der Waals surface area contributed by atoms with E-state index in [1.807, 2.05) is 63.2 Å². The number of nitrogens with one attached hydrogen (secondary N) is 2. The smallest absolute Gasteiger partial charge is 0.320 e. The summed E-state index contributed by atoms with van der Waals surface area (Å²) in [6.45, 7) is 6.61. The number of amides is 3. The summed E-state index contributed by atoms with van der Waals surface area (Å²) in [5, 5.41) is 15.1. The lowest BCUT2D eigenvalue weighted by molar-refractivity contribution is 0.102. The topological polar surface area (TPSA) is 87.2 Å². The second kappa shape index (κ2) is 8.85. The fraction of sp³-hybridized carbons (Fsp3) is 0.304. The van der Waals surface area contributed by atoms with Gasteiger partial charge in [0.1, 0.15) is 5.01 Å². The first-order valence-corrected chi connectivity index (χ1v) is 11.1. The lowest BCUT2D eigenvalue weighted by Gasteiger charge is -2.23. The van der Waals surface area contributed by atoms with Gasteiger partial charge in [-0.1, -0.05) is 41.2 Å². The molecule has 0 bridgehead atoms. The molecular weight excluding hydrogens is 410 g/mol. The van der Waals surface area contributed by atoms with Crippen LogP contribution in [-0.4, -0.2) is 33.6 Å². The Labute approximate surface area is 185 Å². The molecule has 1 aliphatic heterocycles. The molecule has 3 amide bonds. The van der Waals surface area contributed by atoms with Crippen molar-refractivity contribution in [2.24, 2.45) is 0 Å². The van der Waals surface area contributed by atoms with Gasteiger partial charge in [0.05, 0.1) is 6.04 Å². The number of nitrogens with zero attached hydrogens (tertiary/aromatic N) is 3. The summed E-state index contributed by atoms with van der Waals surface area (Å²) in [6, 6.07) is 13.2. The summed E-state index contributed by atoms with van der Waals surface area (Å²) in [4.78, 5) is 27.3. The van der Waals surface area contributed by atoms with E-state index in [-0.39, 0.29) is 23.0 Å². The number of aromatic nitrogens is 2. The van der Waals surface area contributed by atoms with Crippen molar-refractivity contribution in [1.82, 2.24) is 15.1 Å².